The number of nitrogens with zero attached hydrogens (tertiary/aromatic N) is 1. The van der Waals surface area contributed by atoms with Crippen molar-refractivity contribution in [2.75, 3.05) is 6.26 Å². The number of hydrogen-bond acceptors (Lipinski definition) is 5. The van der Waals surface area contributed by atoms with Crippen LogP contribution in [0.2, 0.25) is 0 Å². The van der Waals surface area contributed by atoms with Gasteiger partial charge < -0.3 is 9.72 Å². The van der Waals surface area contributed by atoms with Crippen LogP contribution in [0.1, 0.15) is 0 Å². The highest BCUT2D eigenvalue weighted by Crippen LogP contribution is 2.38. The molecule has 4 aromatic rings. The van der Waals surface area contributed by atoms with Gasteiger partial charge in [-0.05, 0) is 18.2 Å². The van der Waals surface area contributed by atoms with Gasteiger partial charge in [-0.15, -0.1) is 11.3 Å². The molecule has 0 bridgehead atoms. The van der Waals surface area contributed by atoms with Crippen molar-refractivity contribution in [3.63, 3.8) is 0 Å². The predicted octanol–water partition coefficient (Wildman–Crippen LogP) is 4.43. The molecule has 1 radical (unpaired) electrons. The Balaban J connectivity index is 1.86. The highest BCUT2D eigenvalue weighted by atomic mass is 32.2. The van der Waals surface area contributed by atoms with Crippen LogP contribution in [0.4, 0.5) is 4.39 Å². The quantitative estimate of drug-likeness (QED) is 0.562. The zero-order valence-corrected chi connectivity index (χ0v) is 15.1. The number of hydrogen-bond donors (Lipinski definition) is 1. The maximum atomic E-state index is 14.6. The summed E-state index contributed by atoms with van der Waals surface area (Å²) in [7, 11) is -3.73. The first-order valence-electron chi connectivity index (χ1n) is 7.53. The third-order valence-electron chi connectivity index (χ3n) is 3.78. The van der Waals surface area contributed by atoms with E-state index in [4.69, 9.17) is 4.74 Å². The SMILES string of the molecule is CS(=O)(=O)c1c(Oc2cccc(-c3n[c]cs3)c2)c(F)cc2[nH]ccc12. The molecule has 0 aliphatic heterocycles. The van der Waals surface area contributed by atoms with E-state index in [0.717, 1.165) is 16.8 Å². The van der Waals surface area contributed by atoms with Crippen LogP contribution in [0.15, 0.2) is 52.9 Å². The molecule has 1 N–H and O–H groups in total. The van der Waals surface area contributed by atoms with Crippen molar-refractivity contribution in [3.05, 3.63) is 60.0 Å². The number of halogens is 1. The lowest BCUT2D eigenvalue weighted by Crippen LogP contribution is -2.03. The Hall–Kier alpha value is -2.71. The molecule has 0 amide bonds. The molecule has 2 aromatic carbocycles. The minimum absolute atomic E-state index is 0.179. The van der Waals surface area contributed by atoms with Gasteiger partial charge in [-0.1, -0.05) is 12.1 Å². The fraction of sp³-hybridized carbons (Fsp3) is 0.0556. The van der Waals surface area contributed by atoms with Crippen molar-refractivity contribution < 1.29 is 17.5 Å². The van der Waals surface area contributed by atoms with Gasteiger partial charge in [0.15, 0.2) is 21.4 Å². The molecule has 8 heteroatoms. The van der Waals surface area contributed by atoms with Crippen molar-refractivity contribution in [1.29, 1.82) is 0 Å². The smallest absolute Gasteiger partial charge is 0.182 e. The van der Waals surface area contributed by atoms with Crippen molar-refractivity contribution in [2.24, 2.45) is 0 Å². The molecule has 0 saturated heterocycles. The molecule has 0 spiro atoms. The number of aromatic nitrogens is 2. The van der Waals surface area contributed by atoms with Crippen LogP contribution in [0.25, 0.3) is 21.5 Å². The van der Waals surface area contributed by atoms with Crippen LogP contribution < -0.4 is 4.74 Å². The van der Waals surface area contributed by atoms with E-state index in [9.17, 15) is 12.8 Å². The van der Waals surface area contributed by atoms with E-state index in [1.807, 2.05) is 6.07 Å². The standard InChI is InChI=1S/C18H12FN2O3S2/c1-26(22,23)17-13-5-6-20-15(13)10-14(19)16(17)24-12-4-2-3-11(9-12)18-21-7-8-25-18/h2-6,8-10,20H,1H3. The maximum absolute atomic E-state index is 14.6. The van der Waals surface area contributed by atoms with Gasteiger partial charge in [0.25, 0.3) is 0 Å². The van der Waals surface area contributed by atoms with Gasteiger partial charge in [0.05, 0.1) is 0 Å². The minimum atomic E-state index is -3.73. The zero-order valence-electron chi connectivity index (χ0n) is 13.5. The number of benzene rings is 2. The maximum Gasteiger partial charge on any atom is 0.182 e. The van der Waals surface area contributed by atoms with E-state index in [-0.39, 0.29) is 10.6 Å². The molecule has 131 valence electrons. The summed E-state index contributed by atoms with van der Waals surface area (Å²) >= 11 is 1.41. The molecule has 0 unspecified atom stereocenters. The zero-order chi connectivity index (χ0) is 18.3. The van der Waals surface area contributed by atoms with E-state index in [2.05, 4.69) is 16.2 Å². The molecule has 4 rings (SSSR count). The van der Waals surface area contributed by atoms with Gasteiger partial charge in [0.1, 0.15) is 21.8 Å². The van der Waals surface area contributed by atoms with Crippen molar-refractivity contribution in [2.45, 2.75) is 4.90 Å². The summed E-state index contributed by atoms with van der Waals surface area (Å²) in [6.45, 7) is 0. The van der Waals surface area contributed by atoms with Crippen LogP contribution >= 0.6 is 11.3 Å². The number of thiazole rings is 1. The lowest BCUT2D eigenvalue weighted by molar-refractivity contribution is 0.430. The first-order valence-corrected chi connectivity index (χ1v) is 10.3. The Morgan fingerprint density at radius 1 is 1.27 bits per heavy atom. The molecule has 5 nitrogen and oxygen atoms in total. The van der Waals surface area contributed by atoms with Crippen molar-refractivity contribution in [3.8, 4) is 22.1 Å². The van der Waals surface area contributed by atoms with E-state index in [1.54, 1.807) is 35.8 Å². The topological polar surface area (TPSA) is 72.1 Å². The number of aromatic amines is 1. The highest BCUT2D eigenvalue weighted by Gasteiger charge is 2.24. The number of sulfone groups is 1. The Morgan fingerprint density at radius 2 is 2.12 bits per heavy atom. The third kappa shape index (κ3) is 2.97. The molecular formula is C18H12FN2O3S2. The van der Waals surface area contributed by atoms with Gasteiger partial charge in [0.2, 0.25) is 0 Å². The summed E-state index contributed by atoms with van der Waals surface area (Å²) < 4.78 is 44.9. The van der Waals surface area contributed by atoms with Gasteiger partial charge in [-0.25, -0.2) is 17.8 Å². The Bertz CT molecular complexity index is 1200. The summed E-state index contributed by atoms with van der Waals surface area (Å²) in [5.41, 5.74) is 1.17. The molecule has 2 heterocycles. The van der Waals surface area contributed by atoms with E-state index in [1.165, 1.54) is 17.4 Å². The van der Waals surface area contributed by atoms with E-state index < -0.39 is 15.7 Å². The largest absolute Gasteiger partial charge is 0.453 e. The second-order valence-electron chi connectivity index (χ2n) is 5.64. The summed E-state index contributed by atoms with van der Waals surface area (Å²) in [6, 6.07) is 9.69. The first-order chi connectivity index (χ1) is 12.4. The van der Waals surface area contributed by atoms with Crippen LogP contribution in [-0.4, -0.2) is 24.6 Å². The average Bonchev–Trinajstić information content (AvgIpc) is 3.25. The number of fused-ring (bicyclic) bond motifs is 1. The Morgan fingerprint density at radius 3 is 2.85 bits per heavy atom. The lowest BCUT2D eigenvalue weighted by Gasteiger charge is -2.13. The van der Waals surface area contributed by atoms with Gasteiger partial charge in [0, 0.05) is 40.4 Å². The van der Waals surface area contributed by atoms with Crippen LogP contribution in [0.3, 0.4) is 0 Å². The highest BCUT2D eigenvalue weighted by molar-refractivity contribution is 7.91. The molecule has 0 aliphatic rings. The molecule has 0 saturated carbocycles. The summed E-state index contributed by atoms with van der Waals surface area (Å²) in [6.07, 6.45) is 5.33. The summed E-state index contributed by atoms with van der Waals surface area (Å²) in [5.74, 6) is -0.757. The molecule has 26 heavy (non-hydrogen) atoms. The lowest BCUT2D eigenvalue weighted by atomic mass is 10.2. The van der Waals surface area contributed by atoms with E-state index >= 15 is 0 Å². The molecule has 0 aliphatic carbocycles. The number of ether oxygens (including phenoxy) is 1. The number of rotatable bonds is 4. The third-order valence-corrected chi connectivity index (χ3v) is 5.70. The fourth-order valence-corrected chi connectivity index (χ4v) is 4.36. The van der Waals surface area contributed by atoms with Crippen LogP contribution in [0, 0.1) is 12.0 Å². The van der Waals surface area contributed by atoms with Crippen molar-refractivity contribution >= 4 is 32.1 Å². The van der Waals surface area contributed by atoms with Gasteiger partial charge in [-0.3, -0.25) is 0 Å². The average molecular weight is 387 g/mol. The molecule has 0 fully saturated rings. The van der Waals surface area contributed by atoms with Crippen LogP contribution in [-0.2, 0) is 9.84 Å². The van der Waals surface area contributed by atoms with Crippen molar-refractivity contribution in [1.82, 2.24) is 9.97 Å². The molecule has 2 aromatic heterocycles. The number of nitrogens with one attached hydrogen (secondary N) is 1. The minimum Gasteiger partial charge on any atom is -0.453 e. The second kappa shape index (κ2) is 6.22. The number of H-pyrrole nitrogens is 1. The van der Waals surface area contributed by atoms with Gasteiger partial charge in [-0.2, -0.15) is 0 Å². The predicted molar refractivity (Wildman–Crippen MR) is 97.8 cm³/mol. The fourth-order valence-electron chi connectivity index (χ4n) is 2.72. The van der Waals surface area contributed by atoms with Gasteiger partial charge >= 0.3 is 0 Å². The Labute approximate surface area is 153 Å². The van der Waals surface area contributed by atoms with E-state index in [0.29, 0.717) is 16.7 Å². The summed E-state index contributed by atoms with van der Waals surface area (Å²) in [5, 5.41) is 2.85. The monoisotopic (exact) mass is 387 g/mol. The molecule has 0 atom stereocenters. The first kappa shape index (κ1) is 16.7. The Kier molecular flexibility index (Phi) is 4.01. The normalized spacial score (nSPS) is 11.8. The molecular weight excluding hydrogens is 375 g/mol. The van der Waals surface area contributed by atoms with Crippen LogP contribution in [0.5, 0.6) is 11.5 Å². The second-order valence-corrected chi connectivity index (χ2v) is 8.45. The summed E-state index contributed by atoms with van der Waals surface area (Å²) in [4.78, 5) is 6.75.